The van der Waals surface area contributed by atoms with Gasteiger partial charge in [-0.1, -0.05) is 19.1 Å². The van der Waals surface area contributed by atoms with Crippen LogP contribution >= 0.6 is 11.8 Å². The lowest BCUT2D eigenvalue weighted by Gasteiger charge is -2.25. The Labute approximate surface area is 167 Å². The number of anilines is 1. The van der Waals surface area contributed by atoms with Gasteiger partial charge in [0.05, 0.1) is 12.0 Å². The number of benzene rings is 1. The number of urea groups is 1. The van der Waals surface area contributed by atoms with Crippen LogP contribution in [0, 0.1) is 0 Å². The van der Waals surface area contributed by atoms with Crippen molar-refractivity contribution in [2.75, 3.05) is 18.0 Å². The van der Waals surface area contributed by atoms with Gasteiger partial charge in [0.2, 0.25) is 5.91 Å². The second-order valence-electron chi connectivity index (χ2n) is 7.15. The first-order valence-electron chi connectivity index (χ1n) is 9.14. The van der Waals surface area contributed by atoms with Gasteiger partial charge in [-0.2, -0.15) is 0 Å². The molecule has 0 spiro atoms. The van der Waals surface area contributed by atoms with Gasteiger partial charge in [-0.15, -0.1) is 11.8 Å². The van der Waals surface area contributed by atoms with Gasteiger partial charge in [0, 0.05) is 16.7 Å². The predicted octanol–water partition coefficient (Wildman–Crippen LogP) is 2.96. The van der Waals surface area contributed by atoms with Crippen LogP contribution in [0.15, 0.2) is 52.0 Å². The summed E-state index contributed by atoms with van der Waals surface area (Å²) < 4.78 is 5.32. The number of fused-ring (bicyclic) bond motifs is 1. The van der Waals surface area contributed by atoms with Crippen molar-refractivity contribution in [2.45, 2.75) is 36.0 Å². The van der Waals surface area contributed by atoms with Crippen LogP contribution in [0.25, 0.3) is 0 Å². The van der Waals surface area contributed by atoms with E-state index in [0.29, 0.717) is 17.6 Å². The van der Waals surface area contributed by atoms with E-state index in [1.165, 1.54) is 6.26 Å². The van der Waals surface area contributed by atoms with E-state index in [1.807, 2.05) is 24.3 Å². The van der Waals surface area contributed by atoms with Crippen molar-refractivity contribution in [1.82, 2.24) is 10.2 Å². The van der Waals surface area contributed by atoms with E-state index < -0.39 is 17.5 Å². The molecule has 146 valence electrons. The maximum absolute atomic E-state index is 13.1. The molecule has 1 aromatic carbocycles. The predicted molar refractivity (Wildman–Crippen MR) is 105 cm³/mol. The molecular formula is C20H21N3O4S. The zero-order valence-electron chi connectivity index (χ0n) is 15.7. The first kappa shape index (κ1) is 18.6. The molecule has 4 rings (SSSR count). The lowest BCUT2D eigenvalue weighted by molar-refractivity contribution is -0.134. The van der Waals surface area contributed by atoms with E-state index in [0.717, 1.165) is 21.9 Å². The fraction of sp³-hybridized carbons (Fsp3) is 0.350. The van der Waals surface area contributed by atoms with E-state index in [9.17, 15) is 14.4 Å². The average molecular weight is 399 g/mol. The van der Waals surface area contributed by atoms with E-state index in [2.05, 4.69) is 12.2 Å². The van der Waals surface area contributed by atoms with Crippen LogP contribution in [0.5, 0.6) is 0 Å². The topological polar surface area (TPSA) is 82.9 Å². The Kier molecular flexibility index (Phi) is 4.66. The molecule has 3 heterocycles. The first-order valence-corrected chi connectivity index (χ1v) is 10.0. The molecule has 2 aliphatic heterocycles. The largest absolute Gasteiger partial charge is 0.466 e. The van der Waals surface area contributed by atoms with Crippen molar-refractivity contribution in [2.24, 2.45) is 0 Å². The Morgan fingerprint density at radius 1 is 1.29 bits per heavy atom. The average Bonchev–Trinajstić information content (AvgIpc) is 3.23. The lowest BCUT2D eigenvalue weighted by atomic mass is 9.99. The van der Waals surface area contributed by atoms with Crippen molar-refractivity contribution >= 4 is 35.3 Å². The molecule has 7 nitrogen and oxygen atoms in total. The van der Waals surface area contributed by atoms with Crippen LogP contribution in [-0.2, 0) is 15.1 Å². The minimum absolute atomic E-state index is 0.283. The number of hydrogen-bond acceptors (Lipinski definition) is 5. The molecule has 1 aromatic heterocycles. The molecule has 0 aliphatic carbocycles. The number of para-hydroxylation sites is 1. The minimum atomic E-state index is -1.30. The van der Waals surface area contributed by atoms with Crippen LogP contribution in [0.3, 0.4) is 0 Å². The van der Waals surface area contributed by atoms with Crippen LogP contribution in [-0.4, -0.2) is 41.1 Å². The number of carbonyl (C=O) groups excluding carboxylic acids is 3. The minimum Gasteiger partial charge on any atom is -0.466 e. The summed E-state index contributed by atoms with van der Waals surface area (Å²) in [6.07, 6.45) is 2.27. The number of rotatable bonds is 3. The first-order chi connectivity index (χ1) is 13.4. The van der Waals surface area contributed by atoms with Crippen molar-refractivity contribution in [3.05, 3.63) is 48.4 Å². The fourth-order valence-corrected chi connectivity index (χ4v) is 4.65. The number of carbonyl (C=O) groups is 3. The molecule has 1 saturated heterocycles. The van der Waals surface area contributed by atoms with Crippen molar-refractivity contribution in [1.29, 1.82) is 0 Å². The van der Waals surface area contributed by atoms with E-state index in [-0.39, 0.29) is 12.5 Å². The standard InChI is InChI=1S/C20H21N3O4S/c1-13-9-10-22(14-6-3-4-7-15(14)28-13)17(24)12-23-18(25)20(2,21-19(23)26)16-8-5-11-27-16/h3-8,11,13H,9-10,12H2,1-2H3,(H,21,26)/t13-,20+/m0/s1. The van der Waals surface area contributed by atoms with Gasteiger partial charge in [0.15, 0.2) is 5.54 Å². The molecule has 2 atom stereocenters. The Hall–Kier alpha value is -2.74. The maximum Gasteiger partial charge on any atom is 0.325 e. The van der Waals surface area contributed by atoms with E-state index in [1.54, 1.807) is 35.7 Å². The second kappa shape index (κ2) is 7.01. The third kappa shape index (κ3) is 3.07. The summed E-state index contributed by atoms with van der Waals surface area (Å²) in [7, 11) is 0. The molecule has 0 radical (unpaired) electrons. The number of amides is 4. The van der Waals surface area contributed by atoms with Gasteiger partial charge in [0.25, 0.3) is 5.91 Å². The highest BCUT2D eigenvalue weighted by molar-refractivity contribution is 8.00. The second-order valence-corrected chi connectivity index (χ2v) is 8.63. The molecule has 1 N–H and O–H groups in total. The van der Waals surface area contributed by atoms with Crippen LogP contribution in [0.2, 0.25) is 0 Å². The highest BCUT2D eigenvalue weighted by Gasteiger charge is 2.51. The number of nitrogens with zero attached hydrogens (tertiary/aromatic N) is 2. The molecular weight excluding hydrogens is 378 g/mol. The molecule has 0 bridgehead atoms. The fourth-order valence-electron chi connectivity index (χ4n) is 3.54. The number of hydrogen-bond donors (Lipinski definition) is 1. The van der Waals surface area contributed by atoms with Gasteiger partial charge >= 0.3 is 6.03 Å². The van der Waals surface area contributed by atoms with Crippen LogP contribution in [0.4, 0.5) is 10.5 Å². The Morgan fingerprint density at radius 3 is 2.82 bits per heavy atom. The van der Waals surface area contributed by atoms with Crippen LogP contribution < -0.4 is 10.2 Å². The third-order valence-corrected chi connectivity index (χ3v) is 6.36. The van der Waals surface area contributed by atoms with Gasteiger partial charge in [-0.25, -0.2) is 4.79 Å². The quantitative estimate of drug-likeness (QED) is 0.803. The summed E-state index contributed by atoms with van der Waals surface area (Å²) in [5.74, 6) is -0.438. The molecule has 28 heavy (non-hydrogen) atoms. The molecule has 0 saturated carbocycles. The number of furan rings is 1. The molecule has 2 aromatic rings. The van der Waals surface area contributed by atoms with E-state index in [4.69, 9.17) is 4.42 Å². The van der Waals surface area contributed by atoms with Crippen molar-refractivity contribution < 1.29 is 18.8 Å². The number of thioether (sulfide) groups is 1. The van der Waals surface area contributed by atoms with E-state index >= 15 is 0 Å². The smallest absolute Gasteiger partial charge is 0.325 e. The zero-order valence-corrected chi connectivity index (χ0v) is 16.5. The molecule has 8 heteroatoms. The maximum atomic E-state index is 13.1. The summed E-state index contributed by atoms with van der Waals surface area (Å²) in [5, 5.41) is 3.02. The Bertz CT molecular complexity index is 929. The summed E-state index contributed by atoms with van der Waals surface area (Å²) >= 11 is 1.73. The molecule has 4 amide bonds. The van der Waals surface area contributed by atoms with Gasteiger partial charge < -0.3 is 14.6 Å². The SMILES string of the molecule is C[C@H]1CCN(C(=O)CN2C(=O)N[C@](C)(c3ccco3)C2=O)c2ccccc2S1. The summed E-state index contributed by atoms with van der Waals surface area (Å²) in [4.78, 5) is 42.1. The highest BCUT2D eigenvalue weighted by atomic mass is 32.2. The highest BCUT2D eigenvalue weighted by Crippen LogP contribution is 2.37. The zero-order chi connectivity index (χ0) is 19.9. The van der Waals surface area contributed by atoms with Gasteiger partial charge in [-0.05, 0) is 37.6 Å². The summed E-state index contributed by atoms with van der Waals surface area (Å²) in [6.45, 7) is 3.94. The van der Waals surface area contributed by atoms with Crippen molar-refractivity contribution in [3.63, 3.8) is 0 Å². The number of nitrogens with one attached hydrogen (secondary N) is 1. The molecule has 2 aliphatic rings. The number of imide groups is 1. The van der Waals surface area contributed by atoms with Crippen molar-refractivity contribution in [3.8, 4) is 0 Å². The normalized spacial score (nSPS) is 24.7. The lowest BCUT2D eigenvalue weighted by Crippen LogP contribution is -2.45. The van der Waals surface area contributed by atoms with Gasteiger partial charge in [-0.3, -0.25) is 14.5 Å². The Morgan fingerprint density at radius 2 is 2.07 bits per heavy atom. The Balaban J connectivity index is 1.57. The summed E-state index contributed by atoms with van der Waals surface area (Å²) in [5.41, 5.74) is -0.482. The molecule has 1 fully saturated rings. The monoisotopic (exact) mass is 399 g/mol. The van der Waals surface area contributed by atoms with Gasteiger partial charge in [0.1, 0.15) is 12.3 Å². The molecule has 0 unspecified atom stereocenters. The summed E-state index contributed by atoms with van der Waals surface area (Å²) in [6, 6.07) is 10.4. The van der Waals surface area contributed by atoms with Crippen LogP contribution in [0.1, 0.15) is 26.0 Å². The third-order valence-electron chi connectivity index (χ3n) is 5.13.